The van der Waals surface area contributed by atoms with Crippen molar-refractivity contribution in [3.05, 3.63) is 53.8 Å². The first-order chi connectivity index (χ1) is 16.4. The fraction of sp³-hybridized carbons (Fsp3) is 0.458. The largest absolute Gasteiger partial charge is 0.496 e. The smallest absolute Gasteiger partial charge is 0.243 e. The van der Waals surface area contributed by atoms with Gasteiger partial charge in [0.15, 0.2) is 0 Å². The Morgan fingerprint density at radius 3 is 2.32 bits per heavy atom. The topological polar surface area (TPSA) is 79.4 Å². The minimum absolute atomic E-state index is 0.0160. The zero-order chi connectivity index (χ0) is 24.1. The standard InChI is InChI=1S/C24H30FN3O5S/c1-32-23-8-7-22(34(30,31)28-14-16-33-17-15-28)18-19(23)2-9-24(29)27-12-10-26(11-13-27)21-5-3-20(25)4-6-21/h3-8,18H,2,9-17H2,1H3. The Balaban J connectivity index is 1.37. The first-order valence-electron chi connectivity index (χ1n) is 11.4. The molecule has 34 heavy (non-hydrogen) atoms. The van der Waals surface area contributed by atoms with E-state index in [0.717, 1.165) is 5.69 Å². The van der Waals surface area contributed by atoms with Crippen molar-refractivity contribution in [2.24, 2.45) is 0 Å². The summed E-state index contributed by atoms with van der Waals surface area (Å²) in [5.74, 6) is 0.312. The lowest BCUT2D eigenvalue weighted by molar-refractivity contribution is -0.131. The summed E-state index contributed by atoms with van der Waals surface area (Å²) in [5.41, 5.74) is 1.63. The number of ether oxygens (including phenoxy) is 2. The summed E-state index contributed by atoms with van der Waals surface area (Å²) in [5, 5.41) is 0. The Morgan fingerprint density at radius 2 is 1.68 bits per heavy atom. The highest BCUT2D eigenvalue weighted by Crippen LogP contribution is 2.26. The van der Waals surface area contributed by atoms with Gasteiger partial charge in [-0.1, -0.05) is 0 Å². The number of rotatable bonds is 7. The van der Waals surface area contributed by atoms with Crippen LogP contribution in [0.1, 0.15) is 12.0 Å². The van der Waals surface area contributed by atoms with Gasteiger partial charge in [0.2, 0.25) is 15.9 Å². The molecule has 10 heteroatoms. The maximum Gasteiger partial charge on any atom is 0.243 e. The van der Waals surface area contributed by atoms with Crippen LogP contribution in [0.25, 0.3) is 0 Å². The van der Waals surface area contributed by atoms with Crippen molar-refractivity contribution in [1.82, 2.24) is 9.21 Å². The molecular formula is C24H30FN3O5S. The molecule has 2 heterocycles. The summed E-state index contributed by atoms with van der Waals surface area (Å²) < 4.78 is 51.3. The van der Waals surface area contributed by atoms with Gasteiger partial charge in [0.05, 0.1) is 25.2 Å². The van der Waals surface area contributed by atoms with Crippen LogP contribution < -0.4 is 9.64 Å². The molecular weight excluding hydrogens is 461 g/mol. The number of amides is 1. The maximum atomic E-state index is 13.2. The van der Waals surface area contributed by atoms with Gasteiger partial charge in [0.25, 0.3) is 0 Å². The number of morpholine rings is 1. The summed E-state index contributed by atoms with van der Waals surface area (Å²) >= 11 is 0. The molecule has 0 atom stereocenters. The molecule has 2 aliphatic rings. The molecule has 2 aromatic carbocycles. The Morgan fingerprint density at radius 1 is 1.00 bits per heavy atom. The average Bonchev–Trinajstić information content (AvgIpc) is 2.88. The van der Waals surface area contributed by atoms with Gasteiger partial charge in [-0.2, -0.15) is 4.31 Å². The van der Waals surface area contributed by atoms with E-state index in [0.29, 0.717) is 70.2 Å². The molecule has 0 bridgehead atoms. The summed E-state index contributed by atoms with van der Waals surface area (Å²) in [6.45, 7) is 3.92. The van der Waals surface area contributed by atoms with Gasteiger partial charge in [-0.3, -0.25) is 4.79 Å². The Bertz CT molecular complexity index is 1100. The van der Waals surface area contributed by atoms with E-state index < -0.39 is 10.0 Å². The lowest BCUT2D eigenvalue weighted by Gasteiger charge is -2.36. The van der Waals surface area contributed by atoms with E-state index in [1.807, 2.05) is 4.90 Å². The highest BCUT2D eigenvalue weighted by Gasteiger charge is 2.27. The van der Waals surface area contributed by atoms with Crippen molar-refractivity contribution in [2.45, 2.75) is 17.7 Å². The lowest BCUT2D eigenvalue weighted by atomic mass is 10.1. The normalized spacial score (nSPS) is 17.6. The van der Waals surface area contributed by atoms with E-state index in [1.165, 1.54) is 23.5 Å². The van der Waals surface area contributed by atoms with Gasteiger partial charge in [0, 0.05) is 51.4 Å². The summed E-state index contributed by atoms with van der Waals surface area (Å²) in [6.07, 6.45) is 0.640. The molecule has 8 nitrogen and oxygen atoms in total. The third-order valence-electron chi connectivity index (χ3n) is 6.29. The van der Waals surface area contributed by atoms with Gasteiger partial charge in [-0.15, -0.1) is 0 Å². The van der Waals surface area contributed by atoms with Crippen LogP contribution in [0.2, 0.25) is 0 Å². The van der Waals surface area contributed by atoms with Crippen LogP contribution in [0.4, 0.5) is 10.1 Å². The zero-order valence-electron chi connectivity index (χ0n) is 19.3. The molecule has 0 N–H and O–H groups in total. The van der Waals surface area contributed by atoms with Gasteiger partial charge < -0.3 is 19.3 Å². The number of anilines is 1. The van der Waals surface area contributed by atoms with Crippen LogP contribution in [-0.2, 0) is 26.0 Å². The van der Waals surface area contributed by atoms with Crippen LogP contribution in [0.15, 0.2) is 47.4 Å². The van der Waals surface area contributed by atoms with Gasteiger partial charge in [-0.25, -0.2) is 12.8 Å². The summed E-state index contributed by atoms with van der Waals surface area (Å²) in [6, 6.07) is 11.2. The van der Waals surface area contributed by atoms with E-state index >= 15 is 0 Å². The molecule has 2 saturated heterocycles. The van der Waals surface area contributed by atoms with Crippen LogP contribution in [0.5, 0.6) is 5.75 Å². The van der Waals surface area contributed by atoms with E-state index in [-0.39, 0.29) is 23.0 Å². The van der Waals surface area contributed by atoms with Gasteiger partial charge >= 0.3 is 0 Å². The second kappa shape index (κ2) is 10.7. The predicted octanol–water partition coefficient (Wildman–Crippen LogP) is 2.14. The number of carbonyl (C=O) groups excluding carboxylic acids is 1. The predicted molar refractivity (Wildman–Crippen MR) is 126 cm³/mol. The molecule has 0 unspecified atom stereocenters. The molecule has 4 rings (SSSR count). The second-order valence-electron chi connectivity index (χ2n) is 8.33. The minimum Gasteiger partial charge on any atom is -0.496 e. The van der Waals surface area contributed by atoms with Crippen LogP contribution in [0.3, 0.4) is 0 Å². The van der Waals surface area contributed by atoms with E-state index in [2.05, 4.69) is 4.90 Å². The molecule has 0 radical (unpaired) electrons. The number of piperazine rings is 1. The average molecular weight is 492 g/mol. The first-order valence-corrected chi connectivity index (χ1v) is 12.9. The van der Waals surface area contributed by atoms with Crippen molar-refractivity contribution in [3.8, 4) is 5.75 Å². The van der Waals surface area contributed by atoms with Crippen molar-refractivity contribution in [1.29, 1.82) is 0 Å². The summed E-state index contributed by atoms with van der Waals surface area (Å²) in [7, 11) is -2.10. The highest BCUT2D eigenvalue weighted by molar-refractivity contribution is 7.89. The molecule has 2 fully saturated rings. The first kappa shape index (κ1) is 24.4. The highest BCUT2D eigenvalue weighted by atomic mass is 32.2. The van der Waals surface area contributed by atoms with Crippen molar-refractivity contribution in [3.63, 3.8) is 0 Å². The number of benzene rings is 2. The quantitative estimate of drug-likeness (QED) is 0.591. The second-order valence-corrected chi connectivity index (χ2v) is 10.3. The number of hydrogen-bond donors (Lipinski definition) is 0. The molecule has 2 aliphatic heterocycles. The molecule has 2 aromatic rings. The number of sulfonamides is 1. The maximum absolute atomic E-state index is 13.2. The molecule has 0 aromatic heterocycles. The monoisotopic (exact) mass is 491 g/mol. The lowest BCUT2D eigenvalue weighted by Crippen LogP contribution is -2.48. The molecule has 0 saturated carbocycles. The Hall–Kier alpha value is -2.69. The summed E-state index contributed by atoms with van der Waals surface area (Å²) in [4.78, 5) is 17.0. The van der Waals surface area contributed by atoms with E-state index in [1.54, 1.807) is 30.3 Å². The van der Waals surface area contributed by atoms with Crippen molar-refractivity contribution >= 4 is 21.6 Å². The van der Waals surface area contributed by atoms with Gasteiger partial charge in [-0.05, 0) is 54.4 Å². The molecule has 184 valence electrons. The number of methoxy groups -OCH3 is 1. The van der Waals surface area contributed by atoms with Crippen LogP contribution >= 0.6 is 0 Å². The zero-order valence-corrected chi connectivity index (χ0v) is 20.1. The van der Waals surface area contributed by atoms with Gasteiger partial charge in [0.1, 0.15) is 11.6 Å². The van der Waals surface area contributed by atoms with E-state index in [4.69, 9.17) is 9.47 Å². The number of nitrogens with zero attached hydrogens (tertiary/aromatic N) is 3. The van der Waals surface area contributed by atoms with E-state index in [9.17, 15) is 17.6 Å². The number of hydrogen-bond acceptors (Lipinski definition) is 6. The van der Waals surface area contributed by atoms with Crippen molar-refractivity contribution in [2.75, 3.05) is 64.5 Å². The fourth-order valence-corrected chi connectivity index (χ4v) is 5.77. The molecule has 0 spiro atoms. The van der Waals surface area contributed by atoms with Crippen LogP contribution in [0, 0.1) is 5.82 Å². The number of carbonyl (C=O) groups is 1. The SMILES string of the molecule is COc1ccc(S(=O)(=O)N2CCOCC2)cc1CCC(=O)N1CCN(c2ccc(F)cc2)CC1. The fourth-order valence-electron chi connectivity index (χ4n) is 4.31. The van der Waals surface area contributed by atoms with Crippen molar-refractivity contribution < 1.29 is 27.1 Å². The Labute approximate surface area is 199 Å². The Kier molecular flexibility index (Phi) is 7.70. The molecule has 1 amide bonds. The molecule has 0 aliphatic carbocycles. The number of halogens is 1. The third-order valence-corrected chi connectivity index (χ3v) is 8.19. The minimum atomic E-state index is -3.63. The number of aryl methyl sites for hydroxylation is 1. The van der Waals surface area contributed by atoms with Crippen LogP contribution in [-0.4, -0.2) is 83.1 Å². The third kappa shape index (κ3) is 5.51.